The Morgan fingerprint density at radius 3 is 2.82 bits per heavy atom. The van der Waals surface area contributed by atoms with Crippen LogP contribution < -0.4 is 4.74 Å². The van der Waals surface area contributed by atoms with Gasteiger partial charge in [-0.25, -0.2) is 0 Å². The average molecular weight is 316 g/mol. The summed E-state index contributed by atoms with van der Waals surface area (Å²) < 4.78 is 9.25. The predicted octanol–water partition coefficient (Wildman–Crippen LogP) is 3.09. The van der Waals surface area contributed by atoms with Gasteiger partial charge in [0.1, 0.15) is 0 Å². The van der Waals surface area contributed by atoms with E-state index >= 15 is 0 Å². The first-order chi connectivity index (χ1) is 10.5. The van der Waals surface area contributed by atoms with E-state index in [2.05, 4.69) is 23.4 Å². The standard InChI is InChI=1S/C17H20N2O2S/c1-17(12-7-5-4-6-8-12)10-14(17)16(20)19(2)11-13-9-15(21-3)18-22-13/h4-9,14H,10-11H2,1-3H3. The van der Waals surface area contributed by atoms with Gasteiger partial charge in [-0.1, -0.05) is 37.3 Å². The lowest BCUT2D eigenvalue weighted by Crippen LogP contribution is -2.29. The number of nitrogens with zero attached hydrogens (tertiary/aromatic N) is 2. The summed E-state index contributed by atoms with van der Waals surface area (Å²) in [4.78, 5) is 15.5. The molecule has 4 nitrogen and oxygen atoms in total. The first-order valence-electron chi connectivity index (χ1n) is 7.34. The number of hydrogen-bond donors (Lipinski definition) is 0. The van der Waals surface area contributed by atoms with E-state index in [9.17, 15) is 4.79 Å². The van der Waals surface area contributed by atoms with Crippen molar-refractivity contribution in [3.8, 4) is 5.88 Å². The lowest BCUT2D eigenvalue weighted by molar-refractivity contribution is -0.132. The van der Waals surface area contributed by atoms with Crippen LogP contribution in [0.1, 0.15) is 23.8 Å². The van der Waals surface area contributed by atoms with Crippen LogP contribution >= 0.6 is 11.5 Å². The number of methoxy groups -OCH3 is 1. The van der Waals surface area contributed by atoms with E-state index in [1.807, 2.05) is 31.3 Å². The van der Waals surface area contributed by atoms with Gasteiger partial charge in [0.15, 0.2) is 0 Å². The van der Waals surface area contributed by atoms with Gasteiger partial charge in [-0.15, -0.1) is 0 Å². The van der Waals surface area contributed by atoms with Crippen LogP contribution in [0.4, 0.5) is 0 Å². The lowest BCUT2D eigenvalue weighted by Gasteiger charge is -2.18. The second kappa shape index (κ2) is 5.72. The van der Waals surface area contributed by atoms with Gasteiger partial charge >= 0.3 is 0 Å². The molecular formula is C17H20N2O2S. The highest BCUT2D eigenvalue weighted by Gasteiger charge is 2.56. The van der Waals surface area contributed by atoms with E-state index in [4.69, 9.17) is 4.74 Å². The molecule has 1 aliphatic rings. The third-order valence-electron chi connectivity index (χ3n) is 4.48. The Balaban J connectivity index is 1.65. The molecule has 22 heavy (non-hydrogen) atoms. The molecule has 1 aromatic carbocycles. The fourth-order valence-corrected chi connectivity index (χ4v) is 3.64. The van der Waals surface area contributed by atoms with Crippen LogP contribution in [-0.4, -0.2) is 29.3 Å². The van der Waals surface area contributed by atoms with E-state index in [0.717, 1.165) is 11.3 Å². The Hall–Kier alpha value is -1.88. The van der Waals surface area contributed by atoms with Crippen LogP contribution in [0.15, 0.2) is 36.4 Å². The topological polar surface area (TPSA) is 42.4 Å². The zero-order valence-corrected chi connectivity index (χ0v) is 13.9. The summed E-state index contributed by atoms with van der Waals surface area (Å²) in [6.07, 6.45) is 0.923. The summed E-state index contributed by atoms with van der Waals surface area (Å²) in [6, 6.07) is 12.2. The number of amides is 1. The molecule has 0 spiro atoms. The Labute approximate surface area is 134 Å². The molecule has 0 radical (unpaired) electrons. The second-order valence-corrected chi connectivity index (χ2v) is 6.96. The molecule has 1 aliphatic carbocycles. The molecule has 5 heteroatoms. The molecule has 1 amide bonds. The largest absolute Gasteiger partial charge is 0.480 e. The van der Waals surface area contributed by atoms with Gasteiger partial charge in [-0.05, 0) is 23.5 Å². The highest BCUT2D eigenvalue weighted by atomic mass is 32.1. The SMILES string of the molecule is COc1cc(CN(C)C(=O)C2CC2(C)c2ccccc2)sn1. The molecule has 1 aromatic heterocycles. The molecule has 2 atom stereocenters. The molecule has 1 fully saturated rings. The minimum atomic E-state index is -0.0159. The fraction of sp³-hybridized carbons (Fsp3) is 0.412. The van der Waals surface area contributed by atoms with Crippen LogP contribution in [0.25, 0.3) is 0 Å². The zero-order chi connectivity index (χ0) is 15.7. The second-order valence-electron chi connectivity index (χ2n) is 6.07. The van der Waals surface area contributed by atoms with Gasteiger partial charge in [-0.3, -0.25) is 4.79 Å². The smallest absolute Gasteiger partial charge is 0.226 e. The van der Waals surface area contributed by atoms with Crippen molar-refractivity contribution in [3.63, 3.8) is 0 Å². The first kappa shape index (κ1) is 15.0. The summed E-state index contributed by atoms with van der Waals surface area (Å²) in [5.41, 5.74) is 1.24. The fourth-order valence-electron chi connectivity index (χ4n) is 2.91. The van der Waals surface area contributed by atoms with Crippen LogP contribution in [-0.2, 0) is 16.8 Å². The first-order valence-corrected chi connectivity index (χ1v) is 8.12. The van der Waals surface area contributed by atoms with E-state index in [-0.39, 0.29) is 17.2 Å². The Kier molecular flexibility index (Phi) is 3.91. The van der Waals surface area contributed by atoms with Crippen molar-refractivity contribution in [2.75, 3.05) is 14.2 Å². The van der Waals surface area contributed by atoms with Crippen molar-refractivity contribution in [2.45, 2.75) is 25.3 Å². The maximum Gasteiger partial charge on any atom is 0.226 e. The van der Waals surface area contributed by atoms with Crippen LogP contribution in [0.2, 0.25) is 0 Å². The molecule has 1 heterocycles. The number of hydrogen-bond acceptors (Lipinski definition) is 4. The van der Waals surface area contributed by atoms with E-state index in [1.54, 1.807) is 12.0 Å². The van der Waals surface area contributed by atoms with Gasteiger partial charge in [0.05, 0.1) is 13.7 Å². The third kappa shape index (κ3) is 2.73. The zero-order valence-electron chi connectivity index (χ0n) is 13.1. The van der Waals surface area contributed by atoms with Crippen molar-refractivity contribution in [2.24, 2.45) is 5.92 Å². The average Bonchev–Trinajstić information content (AvgIpc) is 3.03. The van der Waals surface area contributed by atoms with Crippen molar-refractivity contribution >= 4 is 17.4 Å². The van der Waals surface area contributed by atoms with Gasteiger partial charge in [-0.2, -0.15) is 4.37 Å². The molecular weight excluding hydrogens is 296 g/mol. The van der Waals surface area contributed by atoms with Crippen molar-refractivity contribution in [1.82, 2.24) is 9.27 Å². The highest BCUT2D eigenvalue weighted by molar-refractivity contribution is 7.05. The third-order valence-corrected chi connectivity index (χ3v) is 5.24. The van der Waals surface area contributed by atoms with E-state index in [0.29, 0.717) is 12.4 Å². The molecule has 0 bridgehead atoms. The summed E-state index contributed by atoms with van der Waals surface area (Å²) in [6.45, 7) is 2.76. The van der Waals surface area contributed by atoms with Crippen LogP contribution in [0, 0.1) is 5.92 Å². The van der Waals surface area contributed by atoms with Gasteiger partial charge in [0, 0.05) is 29.3 Å². The minimum Gasteiger partial charge on any atom is -0.480 e. The number of benzene rings is 1. The number of carbonyl (C=O) groups is 1. The van der Waals surface area contributed by atoms with E-state index in [1.165, 1.54) is 17.1 Å². The summed E-state index contributed by atoms with van der Waals surface area (Å²) in [5, 5.41) is 0. The summed E-state index contributed by atoms with van der Waals surface area (Å²) >= 11 is 1.38. The van der Waals surface area contributed by atoms with Gasteiger partial charge < -0.3 is 9.64 Å². The normalized spacial score (nSPS) is 23.1. The molecule has 1 saturated carbocycles. The Bertz CT molecular complexity index is 670. The van der Waals surface area contributed by atoms with Crippen molar-refractivity contribution in [1.29, 1.82) is 0 Å². The molecule has 2 unspecified atom stereocenters. The molecule has 116 valence electrons. The Morgan fingerprint density at radius 1 is 1.45 bits per heavy atom. The van der Waals surface area contributed by atoms with Gasteiger partial charge in [0.25, 0.3) is 0 Å². The maximum atomic E-state index is 12.7. The van der Waals surface area contributed by atoms with Crippen LogP contribution in [0.5, 0.6) is 5.88 Å². The molecule has 3 rings (SSSR count). The van der Waals surface area contributed by atoms with Crippen molar-refractivity contribution in [3.05, 3.63) is 46.8 Å². The minimum absolute atomic E-state index is 0.0159. The van der Waals surface area contributed by atoms with Crippen LogP contribution in [0.3, 0.4) is 0 Å². The summed E-state index contributed by atoms with van der Waals surface area (Å²) in [5.74, 6) is 0.898. The molecule has 0 saturated heterocycles. The number of ether oxygens (including phenoxy) is 1. The number of carbonyl (C=O) groups excluding carboxylic acids is 1. The summed E-state index contributed by atoms with van der Waals surface area (Å²) in [7, 11) is 3.46. The highest BCUT2D eigenvalue weighted by Crippen LogP contribution is 2.54. The lowest BCUT2D eigenvalue weighted by atomic mass is 9.95. The number of rotatable bonds is 5. The Morgan fingerprint density at radius 2 is 2.18 bits per heavy atom. The molecule has 0 aliphatic heterocycles. The van der Waals surface area contributed by atoms with Crippen molar-refractivity contribution < 1.29 is 9.53 Å². The predicted molar refractivity (Wildman–Crippen MR) is 87.0 cm³/mol. The van der Waals surface area contributed by atoms with E-state index < -0.39 is 0 Å². The number of aromatic nitrogens is 1. The maximum absolute atomic E-state index is 12.7. The van der Waals surface area contributed by atoms with Gasteiger partial charge in [0.2, 0.25) is 11.8 Å². The monoisotopic (exact) mass is 316 g/mol. The molecule has 0 N–H and O–H groups in total. The molecule has 2 aromatic rings. The quantitative estimate of drug-likeness (QED) is 0.851.